The van der Waals surface area contributed by atoms with Crippen LogP contribution in [0, 0.1) is 23.7 Å². The van der Waals surface area contributed by atoms with Crippen molar-refractivity contribution in [1.82, 2.24) is 0 Å². The third kappa shape index (κ3) is 7.86. The molecule has 0 radical (unpaired) electrons. The van der Waals surface area contributed by atoms with Crippen LogP contribution in [0.5, 0.6) is 11.5 Å². The molecular weight excluding hydrogens is 422 g/mol. The van der Waals surface area contributed by atoms with E-state index in [0.29, 0.717) is 43.5 Å². The van der Waals surface area contributed by atoms with Crippen molar-refractivity contribution in [2.75, 3.05) is 27.4 Å². The number of aliphatic imine (C=N–C) groups is 1. The molecule has 33 heavy (non-hydrogen) atoms. The van der Waals surface area contributed by atoms with E-state index in [-0.39, 0.29) is 35.9 Å². The number of rotatable bonds is 14. The second kappa shape index (κ2) is 13.4. The quantitative estimate of drug-likeness (QED) is 0.174. The molecule has 184 valence electrons. The molecule has 7 heteroatoms. The average molecular weight is 462 g/mol. The summed E-state index contributed by atoms with van der Waals surface area (Å²) >= 11 is 0. The van der Waals surface area contributed by atoms with Crippen molar-refractivity contribution in [3.05, 3.63) is 23.8 Å². The van der Waals surface area contributed by atoms with E-state index >= 15 is 0 Å². The fourth-order valence-corrected chi connectivity index (χ4v) is 4.32. The fraction of sp³-hybridized carbons (Fsp3) is 0.692. The number of nitrogens with zero attached hydrogens (tertiary/aromatic N) is 1. The van der Waals surface area contributed by atoms with Crippen LogP contribution in [0.15, 0.2) is 23.2 Å². The number of esters is 1. The molecule has 1 aliphatic heterocycles. The third-order valence-electron chi connectivity index (χ3n) is 6.47. The van der Waals surface area contributed by atoms with Gasteiger partial charge >= 0.3 is 5.97 Å². The van der Waals surface area contributed by atoms with Crippen LogP contribution in [-0.2, 0) is 25.5 Å². The molecule has 2 rings (SSSR count). The summed E-state index contributed by atoms with van der Waals surface area (Å²) in [7, 11) is 3.30. The average Bonchev–Trinajstić information content (AvgIpc) is 3.17. The first-order valence-corrected chi connectivity index (χ1v) is 11.9. The lowest BCUT2D eigenvalue weighted by molar-refractivity contribution is -0.145. The van der Waals surface area contributed by atoms with Crippen LogP contribution < -0.4 is 9.47 Å². The van der Waals surface area contributed by atoms with Crippen molar-refractivity contribution < 1.29 is 28.5 Å². The minimum Gasteiger partial charge on any atom is -0.493 e. The summed E-state index contributed by atoms with van der Waals surface area (Å²) in [6, 6.07) is 5.60. The zero-order valence-corrected chi connectivity index (χ0v) is 20.8. The van der Waals surface area contributed by atoms with Gasteiger partial charge in [-0.3, -0.25) is 4.79 Å². The largest absolute Gasteiger partial charge is 0.493 e. The number of isocyanates is 1. The Morgan fingerprint density at radius 2 is 1.91 bits per heavy atom. The fourth-order valence-electron chi connectivity index (χ4n) is 4.32. The Morgan fingerprint density at radius 3 is 2.48 bits per heavy atom. The van der Waals surface area contributed by atoms with Gasteiger partial charge in [-0.15, -0.1) is 0 Å². The molecule has 1 heterocycles. The summed E-state index contributed by atoms with van der Waals surface area (Å²) in [4.78, 5) is 27.5. The zero-order valence-electron chi connectivity index (χ0n) is 20.8. The highest BCUT2D eigenvalue weighted by atomic mass is 16.6. The molecule has 0 amide bonds. The Balaban J connectivity index is 2.14. The van der Waals surface area contributed by atoms with Gasteiger partial charge in [0.2, 0.25) is 6.08 Å². The monoisotopic (exact) mass is 461 g/mol. The third-order valence-corrected chi connectivity index (χ3v) is 6.47. The van der Waals surface area contributed by atoms with Crippen molar-refractivity contribution >= 4 is 12.0 Å². The van der Waals surface area contributed by atoms with Gasteiger partial charge in [0.1, 0.15) is 6.10 Å². The normalized spacial score (nSPS) is 19.8. The number of methoxy groups -OCH3 is 2. The number of ether oxygens (including phenoxy) is 4. The van der Waals surface area contributed by atoms with Gasteiger partial charge in [0.25, 0.3) is 0 Å². The maximum Gasteiger partial charge on any atom is 0.309 e. The molecule has 0 aliphatic carbocycles. The lowest BCUT2D eigenvalue weighted by atomic mass is 9.81. The predicted molar refractivity (Wildman–Crippen MR) is 126 cm³/mol. The number of carbonyl (C=O) groups is 1. The van der Waals surface area contributed by atoms with Gasteiger partial charge in [-0.1, -0.05) is 33.8 Å². The molecule has 0 N–H and O–H groups in total. The summed E-state index contributed by atoms with van der Waals surface area (Å²) in [5.41, 5.74) is 1.12. The molecule has 1 aliphatic rings. The minimum absolute atomic E-state index is 0.142. The maximum absolute atomic E-state index is 12.3. The van der Waals surface area contributed by atoms with Gasteiger partial charge in [0, 0.05) is 26.6 Å². The molecule has 0 spiro atoms. The van der Waals surface area contributed by atoms with Crippen molar-refractivity contribution in [3.63, 3.8) is 0 Å². The Labute approximate surface area is 197 Å². The van der Waals surface area contributed by atoms with Crippen LogP contribution in [0.25, 0.3) is 0 Å². The highest BCUT2D eigenvalue weighted by Crippen LogP contribution is 2.35. The lowest BCUT2D eigenvalue weighted by Crippen LogP contribution is -2.29. The summed E-state index contributed by atoms with van der Waals surface area (Å²) in [5.74, 6) is 1.85. The van der Waals surface area contributed by atoms with E-state index in [4.69, 9.17) is 18.9 Å². The Bertz CT molecular complexity index is 802. The van der Waals surface area contributed by atoms with Crippen LogP contribution in [-0.4, -0.2) is 51.6 Å². The molecule has 1 aromatic rings. The molecule has 1 fully saturated rings. The number of hydrogen-bond acceptors (Lipinski definition) is 7. The summed E-state index contributed by atoms with van der Waals surface area (Å²) in [5, 5.41) is 0. The van der Waals surface area contributed by atoms with Gasteiger partial charge in [-0.2, -0.15) is 4.99 Å². The van der Waals surface area contributed by atoms with E-state index in [1.807, 2.05) is 32.0 Å². The van der Waals surface area contributed by atoms with Crippen LogP contribution in [0.3, 0.4) is 0 Å². The number of carbonyl (C=O) groups excluding carboxylic acids is 2. The molecule has 0 saturated carbocycles. The van der Waals surface area contributed by atoms with E-state index in [1.165, 1.54) is 0 Å². The first kappa shape index (κ1) is 26.9. The van der Waals surface area contributed by atoms with E-state index in [2.05, 4.69) is 18.8 Å². The predicted octanol–water partition coefficient (Wildman–Crippen LogP) is 4.61. The Hall–Kier alpha value is -2.37. The van der Waals surface area contributed by atoms with Gasteiger partial charge in [0.05, 0.1) is 25.7 Å². The highest BCUT2D eigenvalue weighted by Gasteiger charge is 2.41. The van der Waals surface area contributed by atoms with Crippen molar-refractivity contribution in [2.24, 2.45) is 28.7 Å². The number of cyclic esters (lactones) is 1. The van der Waals surface area contributed by atoms with E-state index < -0.39 is 0 Å². The lowest BCUT2D eigenvalue weighted by Gasteiger charge is -2.26. The molecule has 0 bridgehead atoms. The first-order chi connectivity index (χ1) is 15.8. The van der Waals surface area contributed by atoms with E-state index in [1.54, 1.807) is 20.3 Å². The number of hydrogen-bond donors (Lipinski definition) is 0. The summed E-state index contributed by atoms with van der Waals surface area (Å²) in [6.07, 6.45) is 4.16. The van der Waals surface area contributed by atoms with E-state index in [0.717, 1.165) is 18.4 Å². The zero-order chi connectivity index (χ0) is 24.4. The Morgan fingerprint density at radius 1 is 1.15 bits per heavy atom. The van der Waals surface area contributed by atoms with Crippen LogP contribution in [0.4, 0.5) is 0 Å². The summed E-state index contributed by atoms with van der Waals surface area (Å²) in [6.45, 7) is 9.54. The second-order valence-corrected chi connectivity index (χ2v) is 9.47. The highest BCUT2D eigenvalue weighted by molar-refractivity contribution is 5.75. The molecule has 0 aromatic heterocycles. The van der Waals surface area contributed by atoms with Crippen molar-refractivity contribution in [1.29, 1.82) is 0 Å². The topological polar surface area (TPSA) is 83.4 Å². The smallest absolute Gasteiger partial charge is 0.309 e. The molecule has 1 saturated heterocycles. The molecule has 1 aromatic carbocycles. The van der Waals surface area contributed by atoms with Gasteiger partial charge in [-0.25, -0.2) is 4.79 Å². The molecule has 4 unspecified atom stereocenters. The van der Waals surface area contributed by atoms with Crippen molar-refractivity contribution in [2.45, 2.75) is 65.5 Å². The van der Waals surface area contributed by atoms with Crippen molar-refractivity contribution in [3.8, 4) is 11.5 Å². The first-order valence-electron chi connectivity index (χ1n) is 11.9. The van der Waals surface area contributed by atoms with Crippen LogP contribution in [0.2, 0.25) is 0 Å². The molecule has 4 atom stereocenters. The molecule has 7 nitrogen and oxygen atoms in total. The Kier molecular flexibility index (Phi) is 10.9. The van der Waals surface area contributed by atoms with E-state index in [9.17, 15) is 9.59 Å². The van der Waals surface area contributed by atoms with Crippen LogP contribution in [0.1, 0.15) is 52.5 Å². The maximum atomic E-state index is 12.3. The SMILES string of the molecule is COCCCOc1cc(CC(CC(N=C=O)C2CC(C(C)C)C(=O)O2)C(C)C)ccc1OC. The van der Waals surface area contributed by atoms with Crippen LogP contribution >= 0.6 is 0 Å². The summed E-state index contributed by atoms with van der Waals surface area (Å²) < 4.78 is 22.1. The van der Waals surface area contributed by atoms with Gasteiger partial charge in [0.15, 0.2) is 11.5 Å². The number of benzene rings is 1. The standard InChI is InChI=1S/C26H39NO6/c1-17(2)20(14-22(27-16-28)24-15-21(18(3)4)26(29)33-24)12-19-8-9-23(31-6)25(13-19)32-11-7-10-30-5/h8-9,13,17-18,20-22,24H,7,10-12,14-15H2,1-6H3. The minimum atomic E-state index is -0.384. The van der Waals surface area contributed by atoms with Gasteiger partial charge in [-0.05, 0) is 48.3 Å². The molecular formula is C26H39NO6. The van der Waals surface area contributed by atoms with Gasteiger partial charge < -0.3 is 18.9 Å². The second-order valence-electron chi connectivity index (χ2n) is 9.47.